The average molecular weight is 304 g/mol. The minimum atomic E-state index is -1.59. The van der Waals surface area contributed by atoms with Crippen molar-refractivity contribution in [1.82, 2.24) is 0 Å². The van der Waals surface area contributed by atoms with Crippen molar-refractivity contribution in [3.63, 3.8) is 0 Å². The zero-order valence-corrected chi connectivity index (χ0v) is 12.6. The van der Waals surface area contributed by atoms with Crippen LogP contribution >= 0.6 is 12.6 Å². The molecule has 0 heterocycles. The fourth-order valence-electron chi connectivity index (χ4n) is 4.17. The number of hydrogen-bond donors (Lipinski definition) is 1. The maximum Gasteiger partial charge on any atom is 0.187 e. The third kappa shape index (κ3) is 1.15. The van der Waals surface area contributed by atoms with Gasteiger partial charge in [-0.1, -0.05) is 72.8 Å². The first-order valence-corrected chi connectivity index (χ1v) is 7.84. The van der Waals surface area contributed by atoms with Crippen molar-refractivity contribution in [2.45, 2.75) is 10.4 Å². The fourth-order valence-corrected chi connectivity index (χ4v) is 4.75. The second-order valence-electron chi connectivity index (χ2n) is 6.01. The Morgan fingerprint density at radius 3 is 1.14 bits per heavy atom. The Labute approximate surface area is 134 Å². The molecule has 22 heavy (non-hydrogen) atoms. The van der Waals surface area contributed by atoms with Crippen LogP contribution in [0.5, 0.6) is 0 Å². The van der Waals surface area contributed by atoms with Crippen molar-refractivity contribution < 1.29 is 4.39 Å². The highest BCUT2D eigenvalue weighted by Gasteiger charge is 2.57. The average Bonchev–Trinajstić information content (AvgIpc) is 2.59. The molecule has 0 unspecified atom stereocenters. The topological polar surface area (TPSA) is 0 Å². The molecule has 3 aromatic carbocycles. The zero-order valence-electron chi connectivity index (χ0n) is 11.8. The zero-order chi connectivity index (χ0) is 14.9. The van der Waals surface area contributed by atoms with Crippen molar-refractivity contribution in [2.75, 3.05) is 0 Å². The van der Waals surface area contributed by atoms with Gasteiger partial charge in [0.2, 0.25) is 0 Å². The Morgan fingerprint density at radius 2 is 0.818 bits per heavy atom. The molecular weight excluding hydrogens is 291 g/mol. The Hall–Kier alpha value is -2.06. The molecule has 3 aliphatic rings. The molecule has 6 rings (SSSR count). The van der Waals surface area contributed by atoms with Gasteiger partial charge >= 0.3 is 0 Å². The van der Waals surface area contributed by atoms with Crippen molar-refractivity contribution >= 4 is 12.6 Å². The Bertz CT molecular complexity index is 735. The summed E-state index contributed by atoms with van der Waals surface area (Å²) >= 11 is 5.10. The summed E-state index contributed by atoms with van der Waals surface area (Å²) in [7, 11) is 0. The molecule has 0 N–H and O–H groups in total. The molecular formula is C20H13FS. The third-order valence-electron chi connectivity index (χ3n) is 5.06. The van der Waals surface area contributed by atoms with E-state index in [-0.39, 0.29) is 0 Å². The number of hydrogen-bond acceptors (Lipinski definition) is 1. The van der Waals surface area contributed by atoms with Crippen LogP contribution in [0.15, 0.2) is 72.8 Å². The van der Waals surface area contributed by atoms with Crippen LogP contribution in [-0.4, -0.2) is 0 Å². The monoisotopic (exact) mass is 304 g/mol. The van der Waals surface area contributed by atoms with Gasteiger partial charge in [-0.2, -0.15) is 12.6 Å². The summed E-state index contributed by atoms with van der Waals surface area (Å²) in [6, 6.07) is 23.3. The van der Waals surface area contributed by atoms with E-state index in [2.05, 4.69) is 0 Å². The van der Waals surface area contributed by atoms with E-state index in [0.29, 0.717) is 0 Å². The van der Waals surface area contributed by atoms with E-state index in [0.717, 1.165) is 33.4 Å². The minimum Gasteiger partial charge on any atom is -0.228 e. The molecule has 0 spiro atoms. The van der Waals surface area contributed by atoms with Gasteiger partial charge in [-0.05, 0) is 16.7 Å². The molecule has 0 aromatic heterocycles. The molecule has 0 radical (unpaired) electrons. The molecule has 0 fully saturated rings. The maximum absolute atomic E-state index is 16.5. The molecule has 3 aliphatic carbocycles. The van der Waals surface area contributed by atoms with Gasteiger partial charge in [0.25, 0.3) is 0 Å². The van der Waals surface area contributed by atoms with Gasteiger partial charge in [-0.15, -0.1) is 0 Å². The lowest BCUT2D eigenvalue weighted by molar-refractivity contribution is 0.256. The Balaban J connectivity index is 2.05. The van der Waals surface area contributed by atoms with Gasteiger partial charge < -0.3 is 0 Å². The number of benzene rings is 3. The molecule has 0 saturated heterocycles. The number of rotatable bonds is 0. The first-order chi connectivity index (χ1) is 10.7. The summed E-state index contributed by atoms with van der Waals surface area (Å²) in [5, 5.41) is 0. The van der Waals surface area contributed by atoms with Crippen molar-refractivity contribution in [3.05, 3.63) is 106 Å². The molecule has 0 atom stereocenters. The van der Waals surface area contributed by atoms with Crippen LogP contribution in [0, 0.1) is 0 Å². The van der Waals surface area contributed by atoms with E-state index < -0.39 is 10.4 Å². The quantitative estimate of drug-likeness (QED) is 0.567. The second-order valence-corrected chi connectivity index (χ2v) is 6.68. The molecule has 106 valence electrons. The summed E-state index contributed by atoms with van der Waals surface area (Å²) in [5.41, 5.74) is 3.45. The van der Waals surface area contributed by atoms with E-state index in [9.17, 15) is 0 Å². The van der Waals surface area contributed by atoms with E-state index in [4.69, 9.17) is 12.6 Å². The van der Waals surface area contributed by atoms with E-state index in [1.54, 1.807) is 0 Å². The van der Waals surface area contributed by atoms with E-state index in [1.165, 1.54) is 0 Å². The highest BCUT2D eigenvalue weighted by atomic mass is 32.1. The summed E-state index contributed by atoms with van der Waals surface area (Å²) in [6.45, 7) is 0. The van der Waals surface area contributed by atoms with Crippen LogP contribution in [-0.2, 0) is 10.4 Å². The molecule has 2 bridgehead atoms. The van der Waals surface area contributed by atoms with Gasteiger partial charge in [0.05, 0.1) is 4.75 Å². The first-order valence-electron chi connectivity index (χ1n) is 7.39. The highest BCUT2D eigenvalue weighted by molar-refractivity contribution is 7.81. The first kappa shape index (κ1) is 12.5. The number of thiol groups is 1. The van der Waals surface area contributed by atoms with Crippen LogP contribution < -0.4 is 0 Å². The predicted molar refractivity (Wildman–Crippen MR) is 89.2 cm³/mol. The van der Waals surface area contributed by atoms with Gasteiger partial charge in [-0.3, -0.25) is 0 Å². The summed E-state index contributed by atoms with van der Waals surface area (Å²) in [5.74, 6) is 0. The second kappa shape index (κ2) is 3.82. The van der Waals surface area contributed by atoms with Crippen LogP contribution in [0.4, 0.5) is 4.39 Å². The van der Waals surface area contributed by atoms with Gasteiger partial charge in [0.15, 0.2) is 5.67 Å². The van der Waals surface area contributed by atoms with Crippen LogP contribution in [0.1, 0.15) is 33.4 Å². The molecule has 3 aromatic rings. The van der Waals surface area contributed by atoms with Gasteiger partial charge in [0.1, 0.15) is 0 Å². The van der Waals surface area contributed by atoms with Crippen molar-refractivity contribution in [2.24, 2.45) is 0 Å². The molecule has 0 nitrogen and oxygen atoms in total. The SMILES string of the molecule is FC12c3ccccc3C(S)(c3ccccc31)c1ccccc12. The fraction of sp³-hybridized carbons (Fsp3) is 0.100. The lowest BCUT2D eigenvalue weighted by Gasteiger charge is -2.51. The number of halogens is 1. The molecule has 2 heteroatoms. The maximum atomic E-state index is 16.5. The summed E-state index contributed by atoms with van der Waals surface area (Å²) in [6.07, 6.45) is 0. The van der Waals surface area contributed by atoms with Crippen molar-refractivity contribution in [1.29, 1.82) is 0 Å². The highest BCUT2D eigenvalue weighted by Crippen LogP contribution is 2.63. The predicted octanol–water partition coefficient (Wildman–Crippen LogP) is 4.80. The number of alkyl halides is 1. The Morgan fingerprint density at radius 1 is 0.545 bits per heavy atom. The van der Waals surface area contributed by atoms with Crippen LogP contribution in [0.25, 0.3) is 0 Å². The van der Waals surface area contributed by atoms with Gasteiger partial charge in [-0.25, -0.2) is 4.39 Å². The lowest BCUT2D eigenvalue weighted by atomic mass is 9.59. The van der Waals surface area contributed by atoms with Gasteiger partial charge in [0, 0.05) is 16.7 Å². The normalized spacial score (nSPS) is 27.0. The molecule has 0 saturated carbocycles. The largest absolute Gasteiger partial charge is 0.228 e. The Kier molecular flexibility index (Phi) is 2.17. The standard InChI is InChI=1S/C20H13FS/c21-19-13-7-1-4-10-16(13)20(22,17-11-5-2-8-14(17)19)18-12-6-3-9-15(18)19/h1-12,22H. The smallest absolute Gasteiger partial charge is 0.187 e. The minimum absolute atomic E-state index is 0.586. The summed E-state index contributed by atoms with van der Waals surface area (Å²) < 4.78 is 15.9. The van der Waals surface area contributed by atoms with Crippen LogP contribution in [0.3, 0.4) is 0 Å². The molecule has 0 aliphatic heterocycles. The molecule has 0 amide bonds. The van der Waals surface area contributed by atoms with Crippen molar-refractivity contribution in [3.8, 4) is 0 Å². The summed E-state index contributed by atoms with van der Waals surface area (Å²) in [4.78, 5) is 0. The third-order valence-corrected chi connectivity index (χ3v) is 5.79. The lowest BCUT2D eigenvalue weighted by Crippen LogP contribution is -2.46. The van der Waals surface area contributed by atoms with Crippen LogP contribution in [0.2, 0.25) is 0 Å². The van der Waals surface area contributed by atoms with E-state index >= 15 is 4.39 Å². The van der Waals surface area contributed by atoms with E-state index in [1.807, 2.05) is 72.8 Å².